The smallest absolute Gasteiger partial charge is 0.248 e. The van der Waals surface area contributed by atoms with Crippen LogP contribution in [0.25, 0.3) is 0 Å². The Bertz CT molecular complexity index is 1260. The summed E-state index contributed by atoms with van der Waals surface area (Å²) in [6.07, 6.45) is 1.09. The number of carbonyl (C=O) groups excluding carboxylic acids is 3. The van der Waals surface area contributed by atoms with Gasteiger partial charge in [-0.05, 0) is 49.4 Å². The highest BCUT2D eigenvalue weighted by molar-refractivity contribution is 9.09. The maximum absolute atomic E-state index is 14.3. The Hall–Kier alpha value is -2.07. The van der Waals surface area contributed by atoms with E-state index in [2.05, 4.69) is 26.6 Å². The first-order chi connectivity index (χ1) is 18.6. The van der Waals surface area contributed by atoms with Crippen molar-refractivity contribution in [3.8, 4) is 0 Å². The van der Waals surface area contributed by atoms with E-state index in [0.29, 0.717) is 29.2 Å². The molecule has 3 aliphatic heterocycles. The highest BCUT2D eigenvalue weighted by Crippen LogP contribution is 2.68. The molecule has 0 aliphatic carbocycles. The number of thioether (sulfide) groups is 1. The van der Waals surface area contributed by atoms with Crippen LogP contribution in [0.15, 0.2) is 48.5 Å². The SMILES string of the molecule is Cc1cccc(Cl)c1NC(=O)C1N([C@@H](CO)CC(C)C)C(=O)[C@@H]2[C@H](C(=O)Nc3ccccc3)[C@H]3SC12CC3Br. The summed E-state index contributed by atoms with van der Waals surface area (Å²) in [6.45, 7) is 5.64. The Kier molecular flexibility index (Phi) is 8.08. The number of aliphatic hydroxyl groups excluding tert-OH is 1. The molecule has 208 valence electrons. The van der Waals surface area contributed by atoms with E-state index in [0.717, 1.165) is 5.56 Å². The normalized spacial score (nSPS) is 30.0. The molecular weight excluding hydrogens is 602 g/mol. The Morgan fingerprint density at radius 1 is 1.15 bits per heavy atom. The number of alkyl halides is 1. The summed E-state index contributed by atoms with van der Waals surface area (Å²) in [6, 6.07) is 13.2. The second kappa shape index (κ2) is 11.1. The van der Waals surface area contributed by atoms with Crippen LogP contribution in [0, 0.1) is 24.7 Å². The van der Waals surface area contributed by atoms with Crippen LogP contribution in [-0.4, -0.2) is 61.2 Å². The number of anilines is 2. The lowest BCUT2D eigenvalue weighted by molar-refractivity contribution is -0.141. The number of likely N-dealkylation sites (tertiary alicyclic amines) is 1. The molecule has 2 aromatic rings. The zero-order valence-corrected chi connectivity index (χ0v) is 25.2. The molecule has 0 radical (unpaired) electrons. The van der Waals surface area contributed by atoms with E-state index in [-0.39, 0.29) is 40.3 Å². The van der Waals surface area contributed by atoms with Crippen molar-refractivity contribution < 1.29 is 19.5 Å². The second-order valence-electron chi connectivity index (χ2n) is 11.2. The third-order valence-electron chi connectivity index (χ3n) is 8.14. The molecule has 3 N–H and O–H groups in total. The summed E-state index contributed by atoms with van der Waals surface area (Å²) in [4.78, 5) is 43.8. The molecule has 3 saturated heterocycles. The van der Waals surface area contributed by atoms with Gasteiger partial charge >= 0.3 is 0 Å². The molecule has 3 unspecified atom stereocenters. The summed E-state index contributed by atoms with van der Waals surface area (Å²) in [7, 11) is 0. The van der Waals surface area contributed by atoms with E-state index in [4.69, 9.17) is 11.6 Å². The van der Waals surface area contributed by atoms with Crippen molar-refractivity contribution in [2.45, 2.75) is 60.5 Å². The average molecular weight is 635 g/mol. The molecule has 2 bridgehead atoms. The second-order valence-corrected chi connectivity index (χ2v) is 14.3. The molecule has 7 atom stereocenters. The van der Waals surface area contributed by atoms with E-state index < -0.39 is 28.7 Å². The first-order valence-electron chi connectivity index (χ1n) is 13.3. The molecule has 3 heterocycles. The summed E-state index contributed by atoms with van der Waals surface area (Å²) in [5, 5.41) is 16.7. The quantitative estimate of drug-likeness (QED) is 0.351. The molecule has 0 saturated carbocycles. The standard InChI is InChI=1S/C29H33BrClN3O4S/c1-15(2)12-18(14-35)34-25(27(37)33-23-16(3)8-7-11-20(23)31)29-13-19(30)24(39-29)21(22(29)28(34)38)26(36)32-17-9-5-4-6-10-17/h4-11,15,18-19,21-22,24-25,35H,12-14H2,1-3H3,(H,32,36)(H,33,37)/t18-,19?,21+,22+,24+,25?,29?/m1/s1. The fourth-order valence-electron chi connectivity index (χ4n) is 6.61. The van der Waals surface area contributed by atoms with Crippen LogP contribution in [-0.2, 0) is 14.4 Å². The van der Waals surface area contributed by atoms with Gasteiger partial charge in [0.05, 0.1) is 39.9 Å². The summed E-state index contributed by atoms with van der Waals surface area (Å²) in [5.41, 5.74) is 1.98. The minimum Gasteiger partial charge on any atom is -0.394 e. The summed E-state index contributed by atoms with van der Waals surface area (Å²) < 4.78 is -0.821. The van der Waals surface area contributed by atoms with Gasteiger partial charge in [0.1, 0.15) is 6.04 Å². The van der Waals surface area contributed by atoms with Gasteiger partial charge in [-0.3, -0.25) is 14.4 Å². The molecule has 1 spiro atoms. The summed E-state index contributed by atoms with van der Waals surface area (Å²) >= 11 is 11.8. The van der Waals surface area contributed by atoms with Crippen molar-refractivity contribution in [1.29, 1.82) is 0 Å². The van der Waals surface area contributed by atoms with Crippen LogP contribution >= 0.6 is 39.3 Å². The molecule has 2 aromatic carbocycles. The fraction of sp³-hybridized carbons (Fsp3) is 0.483. The number of para-hydroxylation sites is 2. The van der Waals surface area contributed by atoms with Crippen LogP contribution in [0.1, 0.15) is 32.3 Å². The van der Waals surface area contributed by atoms with Crippen molar-refractivity contribution in [2.75, 3.05) is 17.2 Å². The van der Waals surface area contributed by atoms with E-state index >= 15 is 0 Å². The number of hydrogen-bond acceptors (Lipinski definition) is 5. The number of amides is 3. The van der Waals surface area contributed by atoms with Gasteiger partial charge in [-0.15, -0.1) is 11.8 Å². The molecule has 39 heavy (non-hydrogen) atoms. The number of fused-ring (bicyclic) bond motifs is 1. The number of carbonyl (C=O) groups is 3. The van der Waals surface area contributed by atoms with Crippen molar-refractivity contribution in [1.82, 2.24) is 4.90 Å². The molecule has 5 rings (SSSR count). The van der Waals surface area contributed by atoms with E-state index in [1.165, 1.54) is 0 Å². The average Bonchev–Trinajstić information content (AvgIpc) is 3.48. The highest BCUT2D eigenvalue weighted by atomic mass is 79.9. The summed E-state index contributed by atoms with van der Waals surface area (Å²) in [5.74, 6) is -1.94. The highest BCUT2D eigenvalue weighted by Gasteiger charge is 2.76. The van der Waals surface area contributed by atoms with Gasteiger partial charge in [-0.25, -0.2) is 0 Å². The number of nitrogens with zero attached hydrogens (tertiary/aromatic N) is 1. The number of nitrogens with one attached hydrogen (secondary N) is 2. The van der Waals surface area contributed by atoms with Crippen LogP contribution in [0.3, 0.4) is 0 Å². The Labute approximate surface area is 246 Å². The molecule has 10 heteroatoms. The first kappa shape index (κ1) is 28.5. The van der Waals surface area contributed by atoms with Crippen molar-refractivity contribution in [3.05, 3.63) is 59.1 Å². The molecule has 3 fully saturated rings. The lowest BCUT2D eigenvalue weighted by Gasteiger charge is -2.38. The van der Waals surface area contributed by atoms with E-state index in [1.807, 2.05) is 63.2 Å². The van der Waals surface area contributed by atoms with Crippen molar-refractivity contribution in [3.63, 3.8) is 0 Å². The van der Waals surface area contributed by atoms with Gasteiger partial charge in [0.2, 0.25) is 17.7 Å². The van der Waals surface area contributed by atoms with Gasteiger partial charge in [0.25, 0.3) is 0 Å². The van der Waals surface area contributed by atoms with Gasteiger partial charge < -0.3 is 20.6 Å². The van der Waals surface area contributed by atoms with Crippen LogP contribution in [0.5, 0.6) is 0 Å². The number of benzene rings is 2. The van der Waals surface area contributed by atoms with E-state index in [1.54, 1.807) is 22.7 Å². The third-order valence-corrected chi connectivity index (χ3v) is 11.7. The van der Waals surface area contributed by atoms with Gasteiger partial charge in [-0.2, -0.15) is 0 Å². The number of aliphatic hydroxyl groups is 1. The number of rotatable bonds is 8. The van der Waals surface area contributed by atoms with Crippen molar-refractivity contribution in [2.24, 2.45) is 17.8 Å². The monoisotopic (exact) mass is 633 g/mol. The lowest BCUT2D eigenvalue weighted by atomic mass is 9.70. The number of aryl methyl sites for hydroxylation is 1. The third kappa shape index (κ3) is 4.89. The van der Waals surface area contributed by atoms with Gasteiger partial charge in [-0.1, -0.05) is 71.7 Å². The first-order valence-corrected chi connectivity index (χ1v) is 15.4. The van der Waals surface area contributed by atoms with Crippen LogP contribution in [0.2, 0.25) is 5.02 Å². The predicted octanol–water partition coefficient (Wildman–Crippen LogP) is 5.10. The Morgan fingerprint density at radius 3 is 2.51 bits per heavy atom. The van der Waals surface area contributed by atoms with Crippen molar-refractivity contribution >= 4 is 68.4 Å². The number of hydrogen-bond donors (Lipinski definition) is 3. The number of halogens is 2. The molecular formula is C29H33BrClN3O4S. The lowest BCUT2D eigenvalue weighted by Crippen LogP contribution is -2.55. The van der Waals surface area contributed by atoms with Gasteiger partial charge in [0.15, 0.2) is 0 Å². The molecule has 3 aliphatic rings. The maximum Gasteiger partial charge on any atom is 0.248 e. The zero-order chi connectivity index (χ0) is 28.1. The van der Waals surface area contributed by atoms with Crippen LogP contribution in [0.4, 0.5) is 11.4 Å². The Balaban J connectivity index is 1.56. The topological polar surface area (TPSA) is 98.7 Å². The predicted molar refractivity (Wildman–Crippen MR) is 159 cm³/mol. The minimum atomic E-state index is -0.869. The molecule has 3 amide bonds. The maximum atomic E-state index is 14.3. The molecule has 7 nitrogen and oxygen atoms in total. The van der Waals surface area contributed by atoms with Crippen LogP contribution < -0.4 is 10.6 Å². The fourth-order valence-corrected chi connectivity index (χ4v) is 10.5. The Morgan fingerprint density at radius 2 is 1.87 bits per heavy atom. The molecule has 0 aromatic heterocycles. The minimum absolute atomic E-state index is 0.0481. The van der Waals surface area contributed by atoms with Gasteiger partial charge in [0, 0.05) is 15.8 Å². The van der Waals surface area contributed by atoms with E-state index in [9.17, 15) is 19.5 Å². The zero-order valence-electron chi connectivity index (χ0n) is 22.1. The largest absolute Gasteiger partial charge is 0.394 e.